The molecule has 0 aromatic rings. The molecule has 0 aromatic carbocycles. The molecule has 4 saturated carbocycles. The number of hydrogen-bond acceptors (Lipinski definition) is 0. The molecule has 144 valence electrons. The average Bonchev–Trinajstić information content (AvgIpc) is 2.96. The predicted octanol–water partition coefficient (Wildman–Crippen LogP) is 7.85. The van der Waals surface area contributed by atoms with E-state index in [0.717, 1.165) is 35.5 Å². The van der Waals surface area contributed by atoms with E-state index >= 15 is 0 Å². The van der Waals surface area contributed by atoms with Crippen molar-refractivity contribution in [1.29, 1.82) is 0 Å². The van der Waals surface area contributed by atoms with E-state index in [1.165, 1.54) is 37.4 Å². The molecule has 4 aliphatic carbocycles. The van der Waals surface area contributed by atoms with E-state index in [-0.39, 0.29) is 0 Å². The zero-order valence-electron chi connectivity index (χ0n) is 17.0. The minimum absolute atomic E-state index is 0.671. The van der Waals surface area contributed by atoms with Gasteiger partial charge in [-0.15, -0.1) is 0 Å². The lowest BCUT2D eigenvalue weighted by Crippen LogP contribution is -2.53. The Kier molecular flexibility index (Phi) is 5.38. The number of hydrogen-bond donors (Lipinski definition) is 0. The monoisotopic (exact) mass is 408 g/mol. The van der Waals surface area contributed by atoms with Gasteiger partial charge in [0.2, 0.25) is 0 Å². The first kappa shape index (κ1) is 18.8. The summed E-state index contributed by atoms with van der Waals surface area (Å²) >= 11 is 3.65. The van der Waals surface area contributed by atoms with Crippen molar-refractivity contribution in [2.45, 2.75) is 97.8 Å². The second-order valence-electron chi connectivity index (χ2n) is 10.9. The van der Waals surface area contributed by atoms with Gasteiger partial charge in [-0.1, -0.05) is 49.5 Å². The molecule has 8 atom stereocenters. The fourth-order valence-corrected chi connectivity index (χ4v) is 9.19. The molecule has 25 heavy (non-hydrogen) atoms. The van der Waals surface area contributed by atoms with Crippen molar-refractivity contribution in [2.24, 2.45) is 46.3 Å². The third-order valence-electron chi connectivity index (χ3n) is 10.1. The van der Waals surface area contributed by atoms with E-state index in [1.807, 2.05) is 0 Å². The van der Waals surface area contributed by atoms with Crippen molar-refractivity contribution < 1.29 is 0 Å². The highest BCUT2D eigenvalue weighted by molar-refractivity contribution is 9.09. The summed E-state index contributed by atoms with van der Waals surface area (Å²) in [5.74, 6) is 6.22. The van der Waals surface area contributed by atoms with E-state index in [2.05, 4.69) is 36.7 Å². The van der Waals surface area contributed by atoms with Crippen molar-refractivity contribution in [1.82, 2.24) is 0 Å². The van der Waals surface area contributed by atoms with Crippen LogP contribution in [-0.2, 0) is 0 Å². The van der Waals surface area contributed by atoms with Gasteiger partial charge in [0.1, 0.15) is 0 Å². The van der Waals surface area contributed by atoms with Crippen LogP contribution in [0.5, 0.6) is 0 Å². The maximum atomic E-state index is 3.65. The van der Waals surface area contributed by atoms with Gasteiger partial charge >= 0.3 is 0 Å². The molecule has 0 N–H and O–H groups in total. The number of rotatable bonds is 4. The Balaban J connectivity index is 1.53. The zero-order chi connectivity index (χ0) is 17.7. The van der Waals surface area contributed by atoms with Crippen LogP contribution in [0.3, 0.4) is 0 Å². The molecule has 0 aliphatic heterocycles. The van der Waals surface area contributed by atoms with Crippen molar-refractivity contribution >= 4 is 15.9 Å². The minimum atomic E-state index is 0.671. The van der Waals surface area contributed by atoms with Crippen LogP contribution in [0.1, 0.15) is 97.8 Å². The largest absolute Gasteiger partial charge is 0.0928 e. The Morgan fingerprint density at radius 1 is 0.880 bits per heavy atom. The summed E-state index contributed by atoms with van der Waals surface area (Å²) in [4.78, 5) is 0. The number of alkyl halides is 1. The van der Waals surface area contributed by atoms with Crippen LogP contribution in [0, 0.1) is 46.3 Å². The molecule has 0 spiro atoms. The van der Waals surface area contributed by atoms with Gasteiger partial charge in [-0.2, -0.15) is 0 Å². The molecule has 3 unspecified atom stereocenters. The van der Waals surface area contributed by atoms with Crippen molar-refractivity contribution in [3.8, 4) is 0 Å². The standard InChI is InChI=1S/C24H41Br/c1-17(7-6-16-25)20-11-12-21-19-10-9-18-8-4-5-14-23(18,2)22(19)13-15-24(20,21)3/h17-22H,4-16H2,1-3H3/t17?,18?,19-,20?,21-,22+,23-,24+/m0/s1. The normalized spacial score (nSPS) is 50.6. The van der Waals surface area contributed by atoms with Gasteiger partial charge in [-0.05, 0) is 111 Å². The van der Waals surface area contributed by atoms with E-state index in [1.54, 1.807) is 44.9 Å². The fourth-order valence-electron chi connectivity index (χ4n) is 8.87. The summed E-state index contributed by atoms with van der Waals surface area (Å²) < 4.78 is 0. The zero-order valence-corrected chi connectivity index (χ0v) is 18.6. The molecule has 0 amide bonds. The topological polar surface area (TPSA) is 0 Å². The van der Waals surface area contributed by atoms with Crippen LogP contribution in [0.25, 0.3) is 0 Å². The van der Waals surface area contributed by atoms with Gasteiger partial charge in [0.25, 0.3) is 0 Å². The Bertz CT molecular complexity index is 473. The van der Waals surface area contributed by atoms with Gasteiger partial charge in [0.15, 0.2) is 0 Å². The maximum absolute atomic E-state index is 3.65. The van der Waals surface area contributed by atoms with Crippen LogP contribution in [0.2, 0.25) is 0 Å². The van der Waals surface area contributed by atoms with Gasteiger partial charge in [0.05, 0.1) is 0 Å². The molecule has 4 fully saturated rings. The van der Waals surface area contributed by atoms with Gasteiger partial charge in [-0.3, -0.25) is 0 Å². The van der Waals surface area contributed by atoms with E-state index < -0.39 is 0 Å². The third kappa shape index (κ3) is 2.98. The Morgan fingerprint density at radius 2 is 1.68 bits per heavy atom. The first-order valence-electron chi connectivity index (χ1n) is 11.6. The lowest BCUT2D eigenvalue weighted by Gasteiger charge is -2.61. The first-order chi connectivity index (χ1) is 12.0. The third-order valence-corrected chi connectivity index (χ3v) is 10.7. The molecule has 0 radical (unpaired) electrons. The molecular weight excluding hydrogens is 368 g/mol. The number of fused-ring (bicyclic) bond motifs is 5. The van der Waals surface area contributed by atoms with Crippen LogP contribution >= 0.6 is 15.9 Å². The summed E-state index contributed by atoms with van der Waals surface area (Å²) in [7, 11) is 0. The summed E-state index contributed by atoms with van der Waals surface area (Å²) in [5.41, 5.74) is 1.38. The quantitative estimate of drug-likeness (QED) is 0.415. The van der Waals surface area contributed by atoms with Crippen molar-refractivity contribution in [3.63, 3.8) is 0 Å². The molecule has 4 rings (SSSR count). The summed E-state index contributed by atoms with van der Waals surface area (Å²) in [6, 6.07) is 0. The fraction of sp³-hybridized carbons (Fsp3) is 1.00. The van der Waals surface area contributed by atoms with Crippen LogP contribution < -0.4 is 0 Å². The molecule has 0 saturated heterocycles. The van der Waals surface area contributed by atoms with Crippen molar-refractivity contribution in [2.75, 3.05) is 5.33 Å². The van der Waals surface area contributed by atoms with Gasteiger partial charge < -0.3 is 0 Å². The maximum Gasteiger partial charge on any atom is 0.00314 e. The second-order valence-corrected chi connectivity index (χ2v) is 11.7. The number of halogens is 1. The molecule has 1 heteroatoms. The summed E-state index contributed by atoms with van der Waals surface area (Å²) in [6.45, 7) is 8.03. The van der Waals surface area contributed by atoms with Crippen LogP contribution in [0.4, 0.5) is 0 Å². The lowest BCUT2D eigenvalue weighted by molar-refractivity contribution is -0.114. The van der Waals surface area contributed by atoms with Crippen molar-refractivity contribution in [3.05, 3.63) is 0 Å². The summed E-state index contributed by atoms with van der Waals surface area (Å²) in [6.07, 6.45) is 18.3. The minimum Gasteiger partial charge on any atom is -0.0928 e. The second kappa shape index (κ2) is 7.14. The van der Waals surface area contributed by atoms with Gasteiger partial charge in [-0.25, -0.2) is 0 Å². The first-order valence-corrected chi connectivity index (χ1v) is 12.7. The molecular formula is C24H41Br. The smallest absolute Gasteiger partial charge is 0.00314 e. The lowest BCUT2D eigenvalue weighted by atomic mass is 9.44. The molecule has 0 aromatic heterocycles. The Morgan fingerprint density at radius 3 is 2.48 bits per heavy atom. The van der Waals surface area contributed by atoms with E-state index in [4.69, 9.17) is 0 Å². The van der Waals surface area contributed by atoms with E-state index in [0.29, 0.717) is 10.8 Å². The van der Waals surface area contributed by atoms with Crippen LogP contribution in [-0.4, -0.2) is 5.33 Å². The molecule has 0 bridgehead atoms. The molecule has 0 heterocycles. The summed E-state index contributed by atoms with van der Waals surface area (Å²) in [5, 5.41) is 1.19. The molecule has 0 nitrogen and oxygen atoms in total. The molecule has 4 aliphatic rings. The van der Waals surface area contributed by atoms with E-state index in [9.17, 15) is 0 Å². The van der Waals surface area contributed by atoms with Gasteiger partial charge in [0, 0.05) is 5.33 Å². The average molecular weight is 409 g/mol. The predicted molar refractivity (Wildman–Crippen MR) is 112 cm³/mol. The highest BCUT2D eigenvalue weighted by atomic mass is 79.9. The SMILES string of the molecule is CC(CCCBr)C1CC[C@H]2[C@@H]3CCC4CCCC[C@]4(C)[C@@H]3CC[C@]12C. The highest BCUT2D eigenvalue weighted by Gasteiger charge is 2.59. The van der Waals surface area contributed by atoms with Crippen LogP contribution in [0.15, 0.2) is 0 Å². The Labute approximate surface area is 165 Å². The highest BCUT2D eigenvalue weighted by Crippen LogP contribution is 2.68. The Hall–Kier alpha value is 0.480.